The van der Waals surface area contributed by atoms with E-state index in [1.807, 2.05) is 60.7 Å². The molecule has 2 aliphatic rings. The van der Waals surface area contributed by atoms with Gasteiger partial charge in [0.25, 0.3) is 0 Å². The first-order chi connectivity index (χ1) is 12.1. The molecular weight excluding hydrogens is 312 g/mol. The smallest absolute Gasteiger partial charge is 0.230 e. The molecule has 25 heavy (non-hydrogen) atoms. The minimum absolute atomic E-state index is 0.122. The summed E-state index contributed by atoms with van der Waals surface area (Å²) >= 11 is 0. The maximum Gasteiger partial charge on any atom is 0.230 e. The lowest BCUT2D eigenvalue weighted by molar-refractivity contribution is -0.130. The highest BCUT2D eigenvalue weighted by Crippen LogP contribution is 2.46. The van der Waals surface area contributed by atoms with Crippen LogP contribution in [0.3, 0.4) is 0 Å². The van der Waals surface area contributed by atoms with E-state index in [0.29, 0.717) is 0 Å². The second-order valence-electron chi connectivity index (χ2n) is 7.17. The summed E-state index contributed by atoms with van der Waals surface area (Å²) in [4.78, 5) is 24.7. The third kappa shape index (κ3) is 3.29. The van der Waals surface area contributed by atoms with Crippen LogP contribution >= 0.6 is 0 Å². The molecule has 2 aromatic carbocycles. The van der Waals surface area contributed by atoms with Crippen molar-refractivity contribution in [2.45, 2.75) is 43.2 Å². The zero-order valence-corrected chi connectivity index (χ0v) is 14.1. The summed E-state index contributed by atoms with van der Waals surface area (Å²) in [7, 11) is 0. The quantitative estimate of drug-likeness (QED) is 0.798. The van der Waals surface area contributed by atoms with Gasteiger partial charge < -0.3 is 10.6 Å². The summed E-state index contributed by atoms with van der Waals surface area (Å²) in [5, 5.41) is 6.12. The van der Waals surface area contributed by atoms with E-state index in [1.165, 1.54) is 0 Å². The molecule has 4 rings (SSSR count). The van der Waals surface area contributed by atoms with Gasteiger partial charge in [-0.05, 0) is 36.8 Å². The second kappa shape index (κ2) is 6.03. The highest BCUT2D eigenvalue weighted by Gasteiger charge is 2.47. The Morgan fingerprint density at radius 1 is 0.680 bits per heavy atom. The minimum atomic E-state index is -0.269. The monoisotopic (exact) mass is 334 g/mol. The Hall–Kier alpha value is -2.62. The lowest BCUT2D eigenvalue weighted by atomic mass is 10.0. The first-order valence-electron chi connectivity index (χ1n) is 8.85. The van der Waals surface area contributed by atoms with Gasteiger partial charge in [0.2, 0.25) is 11.8 Å². The van der Waals surface area contributed by atoms with Crippen LogP contribution in [0.15, 0.2) is 60.7 Å². The summed E-state index contributed by atoms with van der Waals surface area (Å²) < 4.78 is 0. The molecule has 0 spiro atoms. The van der Waals surface area contributed by atoms with E-state index in [2.05, 4.69) is 10.6 Å². The molecule has 0 bridgehead atoms. The maximum absolute atomic E-state index is 12.4. The normalized spacial score (nSPS) is 18.9. The molecule has 0 radical (unpaired) electrons. The van der Waals surface area contributed by atoms with E-state index in [-0.39, 0.29) is 29.3 Å². The van der Waals surface area contributed by atoms with Crippen molar-refractivity contribution in [2.24, 2.45) is 0 Å². The van der Waals surface area contributed by atoms with Crippen LogP contribution in [0.5, 0.6) is 0 Å². The number of hydrogen-bond donors (Lipinski definition) is 2. The fraction of sp³-hybridized carbons (Fsp3) is 0.333. The molecule has 2 fully saturated rings. The fourth-order valence-electron chi connectivity index (χ4n) is 3.50. The van der Waals surface area contributed by atoms with Gasteiger partial charge in [-0.1, -0.05) is 60.7 Å². The first-order valence-corrected chi connectivity index (χ1v) is 8.85. The number of hydrogen-bond acceptors (Lipinski definition) is 2. The third-order valence-electron chi connectivity index (χ3n) is 5.23. The van der Waals surface area contributed by atoms with Crippen LogP contribution in [-0.4, -0.2) is 11.8 Å². The predicted octanol–water partition coefficient (Wildman–Crippen LogP) is 2.99. The Kier molecular flexibility index (Phi) is 3.83. The van der Waals surface area contributed by atoms with E-state index in [1.54, 1.807) is 0 Å². The molecule has 2 saturated carbocycles. The summed E-state index contributed by atoms with van der Waals surface area (Å²) in [5.74, 6) is -0.412. The van der Waals surface area contributed by atoms with Crippen molar-refractivity contribution in [1.82, 2.24) is 10.6 Å². The van der Waals surface area contributed by atoms with Crippen LogP contribution in [0, 0.1) is 0 Å². The molecule has 2 aliphatic carbocycles. The van der Waals surface area contributed by atoms with Gasteiger partial charge in [0.1, 0.15) is 6.42 Å². The van der Waals surface area contributed by atoms with E-state index in [0.717, 1.165) is 36.8 Å². The molecule has 128 valence electrons. The topological polar surface area (TPSA) is 58.2 Å². The molecule has 0 atom stereocenters. The number of carbonyl (C=O) groups is 2. The highest BCUT2D eigenvalue weighted by atomic mass is 16.2. The van der Waals surface area contributed by atoms with Crippen LogP contribution < -0.4 is 10.6 Å². The zero-order chi connectivity index (χ0) is 17.3. The van der Waals surface area contributed by atoms with Gasteiger partial charge in [-0.25, -0.2) is 0 Å². The van der Waals surface area contributed by atoms with Gasteiger partial charge >= 0.3 is 0 Å². The SMILES string of the molecule is O=C(CC(=O)NC1(c2ccccc2)CC1)NC1(c2ccccc2)CC1. The number of rotatable bonds is 6. The van der Waals surface area contributed by atoms with E-state index < -0.39 is 0 Å². The van der Waals surface area contributed by atoms with E-state index >= 15 is 0 Å². The fourth-order valence-corrected chi connectivity index (χ4v) is 3.50. The van der Waals surface area contributed by atoms with Crippen molar-refractivity contribution in [2.75, 3.05) is 0 Å². The molecule has 0 heterocycles. The maximum atomic E-state index is 12.4. The Labute approximate surface area is 147 Å². The van der Waals surface area contributed by atoms with Crippen molar-refractivity contribution >= 4 is 11.8 Å². The van der Waals surface area contributed by atoms with Crippen LogP contribution in [0.4, 0.5) is 0 Å². The summed E-state index contributed by atoms with van der Waals surface area (Å²) in [6.45, 7) is 0. The lowest BCUT2D eigenvalue weighted by Crippen LogP contribution is -2.41. The first kappa shape index (κ1) is 15.9. The molecule has 0 saturated heterocycles. The number of benzene rings is 2. The van der Waals surface area contributed by atoms with Crippen LogP contribution in [0.2, 0.25) is 0 Å². The third-order valence-corrected chi connectivity index (χ3v) is 5.23. The Bertz CT molecular complexity index is 711. The summed E-state index contributed by atoms with van der Waals surface area (Å²) in [6.07, 6.45) is 3.59. The molecule has 2 amide bonds. The molecule has 4 nitrogen and oxygen atoms in total. The molecule has 4 heteroatoms. The van der Waals surface area contributed by atoms with Crippen molar-refractivity contribution in [3.8, 4) is 0 Å². The Balaban J connectivity index is 1.35. The number of amides is 2. The minimum Gasteiger partial charge on any atom is -0.346 e. The van der Waals surface area contributed by atoms with Crippen LogP contribution in [-0.2, 0) is 20.7 Å². The Morgan fingerprint density at radius 3 is 1.36 bits per heavy atom. The van der Waals surface area contributed by atoms with Gasteiger partial charge in [0.05, 0.1) is 11.1 Å². The lowest BCUT2D eigenvalue weighted by Gasteiger charge is -2.20. The van der Waals surface area contributed by atoms with Crippen molar-refractivity contribution in [3.63, 3.8) is 0 Å². The van der Waals surface area contributed by atoms with Crippen LogP contribution in [0.1, 0.15) is 43.2 Å². The van der Waals surface area contributed by atoms with Gasteiger partial charge in [-0.15, -0.1) is 0 Å². The summed E-state index contributed by atoms with van der Waals surface area (Å²) in [6, 6.07) is 20.0. The molecular formula is C21H22N2O2. The molecule has 0 unspecified atom stereocenters. The van der Waals surface area contributed by atoms with Gasteiger partial charge in [0.15, 0.2) is 0 Å². The van der Waals surface area contributed by atoms with Gasteiger partial charge in [-0.2, -0.15) is 0 Å². The average Bonchev–Trinajstić information content (AvgIpc) is 3.54. The highest BCUT2D eigenvalue weighted by molar-refractivity contribution is 5.97. The summed E-state index contributed by atoms with van der Waals surface area (Å²) in [5.41, 5.74) is 1.70. The van der Waals surface area contributed by atoms with Crippen molar-refractivity contribution < 1.29 is 9.59 Å². The molecule has 2 N–H and O–H groups in total. The van der Waals surface area contributed by atoms with Crippen molar-refractivity contribution in [3.05, 3.63) is 71.8 Å². The molecule has 2 aromatic rings. The Morgan fingerprint density at radius 2 is 1.04 bits per heavy atom. The number of carbonyl (C=O) groups excluding carboxylic acids is 2. The van der Waals surface area contributed by atoms with E-state index in [4.69, 9.17) is 0 Å². The number of nitrogens with one attached hydrogen (secondary N) is 2. The largest absolute Gasteiger partial charge is 0.346 e. The van der Waals surface area contributed by atoms with E-state index in [9.17, 15) is 9.59 Å². The van der Waals surface area contributed by atoms with Crippen LogP contribution in [0.25, 0.3) is 0 Å². The standard InChI is InChI=1S/C21H22N2O2/c24-18(22-20(11-12-20)16-7-3-1-4-8-16)15-19(25)23-21(13-14-21)17-9-5-2-6-10-17/h1-10H,11-15H2,(H,22,24)(H,23,25). The average molecular weight is 334 g/mol. The van der Waals surface area contributed by atoms with Gasteiger partial charge in [0, 0.05) is 0 Å². The molecule has 0 aromatic heterocycles. The molecule has 0 aliphatic heterocycles. The van der Waals surface area contributed by atoms with Crippen molar-refractivity contribution in [1.29, 1.82) is 0 Å². The zero-order valence-electron chi connectivity index (χ0n) is 14.1. The second-order valence-corrected chi connectivity index (χ2v) is 7.17. The predicted molar refractivity (Wildman–Crippen MR) is 95.6 cm³/mol. The van der Waals surface area contributed by atoms with Gasteiger partial charge in [-0.3, -0.25) is 9.59 Å².